The monoisotopic (exact) mass is 486 g/mol. The molecule has 33 heavy (non-hydrogen) atoms. The molecule has 0 aromatic heterocycles. The predicted octanol–water partition coefficient (Wildman–Crippen LogP) is 1.80. The molecule has 1 atom stereocenters. The lowest BCUT2D eigenvalue weighted by atomic mass is 10.1. The fourth-order valence-corrected chi connectivity index (χ4v) is 5.83. The Labute approximate surface area is 193 Å². The van der Waals surface area contributed by atoms with Gasteiger partial charge in [-0.1, -0.05) is 0 Å². The number of rotatable bonds is 14. The van der Waals surface area contributed by atoms with Crippen LogP contribution in [0.15, 0.2) is 23.1 Å². The summed E-state index contributed by atoms with van der Waals surface area (Å²) in [5.74, 6) is -1.37. The van der Waals surface area contributed by atoms with E-state index in [-0.39, 0.29) is 29.7 Å². The van der Waals surface area contributed by atoms with Crippen LogP contribution in [-0.4, -0.2) is 90.4 Å². The number of ketones is 1. The Morgan fingerprint density at radius 1 is 1.09 bits per heavy atom. The van der Waals surface area contributed by atoms with E-state index in [1.165, 1.54) is 34.5 Å². The van der Waals surface area contributed by atoms with Gasteiger partial charge in [0, 0.05) is 46.1 Å². The number of sulfonamides is 1. The summed E-state index contributed by atoms with van der Waals surface area (Å²) in [6.45, 7) is 1.83. The molecule has 2 aliphatic heterocycles. The van der Waals surface area contributed by atoms with Crippen molar-refractivity contribution in [2.24, 2.45) is 0 Å². The number of halogens is 1. The zero-order chi connectivity index (χ0) is 23.8. The van der Waals surface area contributed by atoms with E-state index in [1.807, 2.05) is 0 Å². The molecule has 1 aromatic rings. The van der Waals surface area contributed by atoms with Gasteiger partial charge in [0.05, 0.1) is 29.4 Å². The van der Waals surface area contributed by atoms with E-state index < -0.39 is 28.4 Å². The lowest BCUT2D eigenvalue weighted by Crippen LogP contribution is -2.38. The molecule has 0 aliphatic carbocycles. The van der Waals surface area contributed by atoms with Crippen LogP contribution >= 0.6 is 0 Å². The quantitative estimate of drug-likeness (QED) is 0.292. The maximum Gasteiger partial charge on any atom is 0.299 e. The number of anilines is 1. The second-order valence-electron chi connectivity index (χ2n) is 7.95. The van der Waals surface area contributed by atoms with Crippen LogP contribution in [0.1, 0.15) is 36.0 Å². The summed E-state index contributed by atoms with van der Waals surface area (Å²) in [5.41, 5.74) is 0.521. The van der Waals surface area contributed by atoms with Crippen molar-refractivity contribution in [3.63, 3.8) is 0 Å². The van der Waals surface area contributed by atoms with Gasteiger partial charge in [0.15, 0.2) is 0 Å². The number of benzene rings is 1. The number of fused-ring (bicyclic) bond motifs is 1. The predicted molar refractivity (Wildman–Crippen MR) is 119 cm³/mol. The van der Waals surface area contributed by atoms with E-state index in [0.29, 0.717) is 51.5 Å². The molecule has 0 spiro atoms. The minimum Gasteiger partial charge on any atom is -0.383 e. The summed E-state index contributed by atoms with van der Waals surface area (Å²) in [6, 6.07) is 4.04. The molecule has 1 aromatic carbocycles. The molecule has 2 aliphatic rings. The molecule has 1 fully saturated rings. The van der Waals surface area contributed by atoms with Crippen LogP contribution in [0.2, 0.25) is 0 Å². The zero-order valence-electron chi connectivity index (χ0n) is 18.8. The van der Waals surface area contributed by atoms with Gasteiger partial charge in [-0.3, -0.25) is 9.59 Å². The first-order chi connectivity index (χ1) is 15.9. The lowest BCUT2D eigenvalue weighted by molar-refractivity contribution is -0.114. The van der Waals surface area contributed by atoms with Crippen molar-refractivity contribution < 1.29 is 36.6 Å². The molecule has 1 amide bonds. The van der Waals surface area contributed by atoms with Gasteiger partial charge in [-0.05, 0) is 43.9 Å². The number of ether oxygens (including phenoxy) is 3. The Balaban J connectivity index is 1.60. The third-order valence-corrected chi connectivity index (χ3v) is 7.65. The Hall–Kier alpha value is -1.92. The van der Waals surface area contributed by atoms with Crippen molar-refractivity contribution in [2.75, 3.05) is 64.8 Å². The van der Waals surface area contributed by atoms with Crippen molar-refractivity contribution >= 4 is 27.4 Å². The molecule has 1 saturated heterocycles. The SMILES string of the molecule is COC[C@@H]1CCCN1S(=O)(=O)c1ccc2c(c1)C(=O)C(=O)N2CCCOCCCOCCF. The molecule has 9 nitrogen and oxygen atoms in total. The third-order valence-electron chi connectivity index (χ3n) is 5.70. The van der Waals surface area contributed by atoms with Crippen LogP contribution < -0.4 is 4.90 Å². The minimum absolute atomic E-state index is 0.00515. The van der Waals surface area contributed by atoms with E-state index in [1.54, 1.807) is 0 Å². The molecular weight excluding hydrogens is 455 g/mol. The number of alkyl halides is 1. The van der Waals surface area contributed by atoms with Crippen LogP contribution in [0, 0.1) is 0 Å². The number of amides is 1. The summed E-state index contributed by atoms with van der Waals surface area (Å²) in [7, 11) is -2.27. The molecule has 11 heteroatoms. The highest BCUT2D eigenvalue weighted by molar-refractivity contribution is 7.89. The second kappa shape index (κ2) is 12.0. The standard InChI is InChI=1S/C22H31FN2O7S/c1-30-16-17-5-2-10-25(17)33(28,29)18-6-7-20-19(15-18)21(26)22(27)24(20)9-3-11-31-12-4-13-32-14-8-23/h6-7,15,17H,2-5,8-14,16H2,1H3/t17-/m0/s1. The van der Waals surface area contributed by atoms with Gasteiger partial charge >= 0.3 is 0 Å². The minimum atomic E-state index is -3.81. The Kier molecular flexibility index (Phi) is 9.33. The number of carbonyl (C=O) groups excluding carboxylic acids is 2. The fraction of sp³-hybridized carbons (Fsp3) is 0.636. The fourth-order valence-electron chi connectivity index (χ4n) is 4.13. The van der Waals surface area contributed by atoms with Crippen molar-refractivity contribution in [3.8, 4) is 0 Å². The number of hydrogen-bond acceptors (Lipinski definition) is 7. The van der Waals surface area contributed by atoms with E-state index in [9.17, 15) is 22.4 Å². The maximum absolute atomic E-state index is 13.2. The van der Waals surface area contributed by atoms with Gasteiger partial charge < -0.3 is 19.1 Å². The average Bonchev–Trinajstić information content (AvgIpc) is 3.37. The van der Waals surface area contributed by atoms with Gasteiger partial charge in [0.2, 0.25) is 10.0 Å². The average molecular weight is 487 g/mol. The normalized spacial score (nSPS) is 19.0. The molecular formula is C22H31FN2O7S. The van der Waals surface area contributed by atoms with Crippen molar-refractivity contribution in [2.45, 2.75) is 36.6 Å². The summed E-state index contributed by atoms with van der Waals surface area (Å²) in [4.78, 5) is 26.4. The van der Waals surface area contributed by atoms with E-state index in [4.69, 9.17) is 14.2 Å². The highest BCUT2D eigenvalue weighted by Gasteiger charge is 2.39. The summed E-state index contributed by atoms with van der Waals surface area (Å²) >= 11 is 0. The van der Waals surface area contributed by atoms with Gasteiger partial charge in [-0.25, -0.2) is 12.8 Å². The highest BCUT2D eigenvalue weighted by Crippen LogP contribution is 2.33. The molecule has 3 rings (SSSR count). The molecule has 0 bridgehead atoms. The van der Waals surface area contributed by atoms with Gasteiger partial charge in [0.25, 0.3) is 11.7 Å². The number of nitrogens with zero attached hydrogens (tertiary/aromatic N) is 2. The number of carbonyl (C=O) groups is 2. The van der Waals surface area contributed by atoms with Gasteiger partial charge in [0.1, 0.15) is 6.67 Å². The largest absolute Gasteiger partial charge is 0.383 e. The lowest BCUT2D eigenvalue weighted by Gasteiger charge is -2.24. The van der Waals surface area contributed by atoms with Crippen molar-refractivity contribution in [1.82, 2.24) is 4.31 Å². The molecule has 2 heterocycles. The van der Waals surface area contributed by atoms with E-state index >= 15 is 0 Å². The third kappa shape index (κ3) is 5.96. The van der Waals surface area contributed by atoms with Crippen LogP contribution in [0.25, 0.3) is 0 Å². The second-order valence-corrected chi connectivity index (χ2v) is 9.84. The molecule has 0 N–H and O–H groups in total. The molecule has 184 valence electrons. The van der Waals surface area contributed by atoms with Crippen LogP contribution in [0.4, 0.5) is 10.1 Å². The van der Waals surface area contributed by atoms with E-state index in [2.05, 4.69) is 0 Å². The van der Waals surface area contributed by atoms with Crippen molar-refractivity contribution in [3.05, 3.63) is 23.8 Å². The first kappa shape index (κ1) is 25.7. The smallest absolute Gasteiger partial charge is 0.299 e. The van der Waals surface area contributed by atoms with E-state index in [0.717, 1.165) is 12.8 Å². The Morgan fingerprint density at radius 2 is 1.82 bits per heavy atom. The first-order valence-electron chi connectivity index (χ1n) is 11.1. The van der Waals surface area contributed by atoms with Crippen LogP contribution in [-0.2, 0) is 29.0 Å². The van der Waals surface area contributed by atoms with Gasteiger partial charge in [-0.15, -0.1) is 0 Å². The van der Waals surface area contributed by atoms with Crippen LogP contribution in [0.5, 0.6) is 0 Å². The molecule has 0 unspecified atom stereocenters. The molecule has 0 saturated carbocycles. The summed E-state index contributed by atoms with van der Waals surface area (Å²) in [5, 5.41) is 0. The maximum atomic E-state index is 13.2. The number of Topliss-reactive ketones (excluding diaryl/α,β-unsaturated/α-hetero) is 1. The molecule has 0 radical (unpaired) electrons. The number of methoxy groups -OCH3 is 1. The van der Waals surface area contributed by atoms with Crippen LogP contribution in [0.3, 0.4) is 0 Å². The van der Waals surface area contributed by atoms with Gasteiger partial charge in [-0.2, -0.15) is 4.31 Å². The first-order valence-corrected chi connectivity index (χ1v) is 12.6. The Bertz CT molecular complexity index is 941. The number of hydrogen-bond donors (Lipinski definition) is 0. The zero-order valence-corrected chi connectivity index (χ0v) is 19.6. The summed E-state index contributed by atoms with van der Waals surface area (Å²) in [6.07, 6.45) is 2.62. The Morgan fingerprint density at radius 3 is 2.55 bits per heavy atom. The topological polar surface area (TPSA) is 102 Å². The highest BCUT2D eigenvalue weighted by atomic mass is 32.2. The van der Waals surface area contributed by atoms with Crippen molar-refractivity contribution in [1.29, 1.82) is 0 Å². The summed E-state index contributed by atoms with van der Waals surface area (Å²) < 4.78 is 55.3.